The lowest BCUT2D eigenvalue weighted by molar-refractivity contribution is 0.995. The minimum Gasteiger partial charge on any atom is -0.325 e. The number of halogens is 1. The van der Waals surface area contributed by atoms with Crippen molar-refractivity contribution in [2.24, 2.45) is 5.73 Å². The van der Waals surface area contributed by atoms with Crippen LogP contribution >= 0.6 is 27.3 Å². The van der Waals surface area contributed by atoms with Crippen LogP contribution in [0.3, 0.4) is 0 Å². The van der Waals surface area contributed by atoms with Crippen LogP contribution in [0.4, 0.5) is 0 Å². The first-order chi connectivity index (χ1) is 7.28. The molecule has 1 aromatic heterocycles. The third-order valence-corrected chi connectivity index (χ3v) is 3.52. The van der Waals surface area contributed by atoms with Crippen molar-refractivity contribution in [3.63, 3.8) is 0 Å². The predicted molar refractivity (Wildman–Crippen MR) is 67.0 cm³/mol. The molecular formula is C11H11BrN2S. The topological polar surface area (TPSA) is 38.9 Å². The first-order valence-electron chi connectivity index (χ1n) is 4.65. The van der Waals surface area contributed by atoms with E-state index < -0.39 is 0 Å². The summed E-state index contributed by atoms with van der Waals surface area (Å²) in [5, 5.41) is 3.08. The van der Waals surface area contributed by atoms with Gasteiger partial charge in [0.2, 0.25) is 0 Å². The number of thiazole rings is 1. The Kier molecular flexibility index (Phi) is 3.51. The van der Waals surface area contributed by atoms with E-state index in [4.69, 9.17) is 5.73 Å². The van der Waals surface area contributed by atoms with Crippen LogP contribution in [0.5, 0.6) is 0 Å². The quantitative estimate of drug-likeness (QED) is 0.940. The Morgan fingerprint density at radius 1 is 1.27 bits per heavy atom. The molecule has 0 spiro atoms. The van der Waals surface area contributed by atoms with Gasteiger partial charge in [-0.3, -0.25) is 0 Å². The van der Waals surface area contributed by atoms with Crippen LogP contribution in [0.15, 0.2) is 34.1 Å². The molecule has 2 rings (SSSR count). The highest BCUT2D eigenvalue weighted by atomic mass is 79.9. The molecule has 2 aromatic rings. The largest absolute Gasteiger partial charge is 0.325 e. The van der Waals surface area contributed by atoms with E-state index in [9.17, 15) is 0 Å². The molecule has 1 heterocycles. The minimum atomic E-state index is 0.533. The molecule has 2 nitrogen and oxygen atoms in total. The van der Waals surface area contributed by atoms with Crippen LogP contribution in [0.1, 0.15) is 16.3 Å². The number of nitrogens with two attached hydrogens (primary N) is 1. The van der Waals surface area contributed by atoms with E-state index in [0.29, 0.717) is 6.54 Å². The summed E-state index contributed by atoms with van der Waals surface area (Å²) in [5.41, 5.74) is 7.89. The Labute approximate surface area is 101 Å². The molecule has 0 amide bonds. The molecule has 0 unspecified atom stereocenters. The van der Waals surface area contributed by atoms with Crippen LogP contribution in [0.25, 0.3) is 0 Å². The lowest BCUT2D eigenvalue weighted by Crippen LogP contribution is -1.96. The maximum atomic E-state index is 5.52. The lowest BCUT2D eigenvalue weighted by Gasteiger charge is -1.98. The molecule has 0 aliphatic heterocycles. The number of benzene rings is 1. The van der Waals surface area contributed by atoms with Gasteiger partial charge in [-0.05, 0) is 17.7 Å². The van der Waals surface area contributed by atoms with Crippen molar-refractivity contribution in [3.05, 3.63) is 50.4 Å². The molecule has 1 aromatic carbocycles. The highest BCUT2D eigenvalue weighted by molar-refractivity contribution is 9.10. The van der Waals surface area contributed by atoms with Gasteiger partial charge in [-0.25, -0.2) is 4.98 Å². The highest BCUT2D eigenvalue weighted by Crippen LogP contribution is 2.16. The molecular weight excluding hydrogens is 272 g/mol. The lowest BCUT2D eigenvalue weighted by atomic mass is 10.1. The zero-order valence-electron chi connectivity index (χ0n) is 8.11. The van der Waals surface area contributed by atoms with Crippen molar-refractivity contribution >= 4 is 27.3 Å². The van der Waals surface area contributed by atoms with E-state index in [2.05, 4.69) is 38.4 Å². The Morgan fingerprint density at radius 3 is 2.60 bits per heavy atom. The highest BCUT2D eigenvalue weighted by Gasteiger charge is 2.01. The normalized spacial score (nSPS) is 10.5. The fourth-order valence-electron chi connectivity index (χ4n) is 1.34. The van der Waals surface area contributed by atoms with Crippen molar-refractivity contribution in [1.29, 1.82) is 0 Å². The van der Waals surface area contributed by atoms with Gasteiger partial charge in [0.05, 0.1) is 5.69 Å². The van der Waals surface area contributed by atoms with Gasteiger partial charge in [0.15, 0.2) is 0 Å². The molecule has 0 radical (unpaired) electrons. The molecule has 0 aliphatic rings. The van der Waals surface area contributed by atoms with Gasteiger partial charge < -0.3 is 5.73 Å². The molecule has 0 saturated carbocycles. The van der Waals surface area contributed by atoms with Gasteiger partial charge >= 0.3 is 0 Å². The molecule has 0 fully saturated rings. The van der Waals surface area contributed by atoms with E-state index in [0.717, 1.165) is 21.6 Å². The molecule has 0 saturated heterocycles. The maximum absolute atomic E-state index is 5.52. The van der Waals surface area contributed by atoms with Gasteiger partial charge in [0.25, 0.3) is 0 Å². The van der Waals surface area contributed by atoms with Gasteiger partial charge in [-0.2, -0.15) is 0 Å². The predicted octanol–water partition coefficient (Wildman–Crippen LogP) is 2.96. The number of rotatable bonds is 3. The molecule has 4 heteroatoms. The summed E-state index contributed by atoms with van der Waals surface area (Å²) in [4.78, 5) is 4.43. The van der Waals surface area contributed by atoms with Crippen LogP contribution in [-0.2, 0) is 13.0 Å². The van der Waals surface area contributed by atoms with Gasteiger partial charge in [0.1, 0.15) is 5.01 Å². The molecule has 2 N–H and O–H groups in total. The monoisotopic (exact) mass is 282 g/mol. The Hall–Kier alpha value is -0.710. The van der Waals surface area contributed by atoms with Gasteiger partial charge in [-0.15, -0.1) is 11.3 Å². The molecule has 0 bridgehead atoms. The fourth-order valence-corrected chi connectivity index (χ4v) is 2.27. The second-order valence-electron chi connectivity index (χ2n) is 3.24. The van der Waals surface area contributed by atoms with Crippen molar-refractivity contribution < 1.29 is 0 Å². The molecule has 15 heavy (non-hydrogen) atoms. The number of hydrogen-bond donors (Lipinski definition) is 1. The van der Waals surface area contributed by atoms with Crippen molar-refractivity contribution in [2.45, 2.75) is 13.0 Å². The zero-order chi connectivity index (χ0) is 10.7. The van der Waals surface area contributed by atoms with Crippen LogP contribution in [-0.4, -0.2) is 4.98 Å². The van der Waals surface area contributed by atoms with Gasteiger partial charge in [-0.1, -0.05) is 28.1 Å². The maximum Gasteiger partial charge on any atom is 0.106 e. The third-order valence-electron chi connectivity index (χ3n) is 2.07. The molecule has 78 valence electrons. The summed E-state index contributed by atoms with van der Waals surface area (Å²) in [6, 6.07) is 8.30. The Bertz CT molecular complexity index is 436. The smallest absolute Gasteiger partial charge is 0.106 e. The Balaban J connectivity index is 2.11. The fraction of sp³-hybridized carbons (Fsp3) is 0.182. The van der Waals surface area contributed by atoms with E-state index in [-0.39, 0.29) is 0 Å². The van der Waals surface area contributed by atoms with Crippen LogP contribution in [0, 0.1) is 0 Å². The number of aromatic nitrogens is 1. The summed E-state index contributed by atoms with van der Waals surface area (Å²) < 4.78 is 1.10. The first-order valence-corrected chi connectivity index (χ1v) is 6.33. The summed E-state index contributed by atoms with van der Waals surface area (Å²) in [6.07, 6.45) is 0.879. The average Bonchev–Trinajstić information content (AvgIpc) is 2.69. The third kappa shape index (κ3) is 2.87. The SMILES string of the molecule is NCc1nc(Cc2ccc(Br)cc2)cs1. The summed E-state index contributed by atoms with van der Waals surface area (Å²) >= 11 is 5.04. The van der Waals surface area contributed by atoms with E-state index in [1.807, 2.05) is 12.1 Å². The van der Waals surface area contributed by atoms with Gasteiger partial charge in [0, 0.05) is 22.8 Å². The zero-order valence-corrected chi connectivity index (χ0v) is 10.5. The standard InChI is InChI=1S/C11H11BrN2S/c12-9-3-1-8(2-4-9)5-10-7-15-11(6-13)14-10/h1-4,7H,5-6,13H2. The minimum absolute atomic E-state index is 0.533. The van der Waals surface area contributed by atoms with Crippen LogP contribution in [0.2, 0.25) is 0 Å². The van der Waals surface area contributed by atoms with Crippen LogP contribution < -0.4 is 5.73 Å². The number of hydrogen-bond acceptors (Lipinski definition) is 3. The summed E-state index contributed by atoms with van der Waals surface area (Å²) in [7, 11) is 0. The van der Waals surface area contributed by atoms with Crippen molar-refractivity contribution in [2.75, 3.05) is 0 Å². The van der Waals surface area contributed by atoms with E-state index in [1.165, 1.54) is 5.56 Å². The average molecular weight is 283 g/mol. The number of nitrogens with zero attached hydrogens (tertiary/aromatic N) is 1. The van der Waals surface area contributed by atoms with E-state index in [1.54, 1.807) is 11.3 Å². The molecule has 0 atom stereocenters. The van der Waals surface area contributed by atoms with Crippen molar-refractivity contribution in [1.82, 2.24) is 4.98 Å². The second kappa shape index (κ2) is 4.88. The Morgan fingerprint density at radius 2 is 2.00 bits per heavy atom. The second-order valence-corrected chi connectivity index (χ2v) is 5.10. The summed E-state index contributed by atoms with van der Waals surface area (Å²) in [6.45, 7) is 0.533. The first kappa shape index (κ1) is 10.8. The van der Waals surface area contributed by atoms with E-state index >= 15 is 0 Å². The summed E-state index contributed by atoms with van der Waals surface area (Å²) in [5.74, 6) is 0. The molecule has 0 aliphatic carbocycles. The van der Waals surface area contributed by atoms with Crippen molar-refractivity contribution in [3.8, 4) is 0 Å².